The first-order valence-corrected chi connectivity index (χ1v) is 5.31. The molecule has 2 atom stereocenters. The maximum atomic E-state index is 11.7. The van der Waals surface area contributed by atoms with E-state index >= 15 is 0 Å². The normalized spacial score (nSPS) is 28.4. The summed E-state index contributed by atoms with van der Waals surface area (Å²) in [5.74, 6) is -0.901. The van der Waals surface area contributed by atoms with Gasteiger partial charge < -0.3 is 15.2 Å². The van der Waals surface area contributed by atoms with E-state index in [-0.39, 0.29) is 18.5 Å². The summed E-state index contributed by atoms with van der Waals surface area (Å²) in [6, 6.07) is 0. The molecule has 0 amide bonds. The largest absolute Gasteiger partial charge is 0.465 e. The molecule has 0 heterocycles. The number of rotatable bonds is 3. The lowest BCUT2D eigenvalue weighted by Gasteiger charge is -2.22. The number of nitrogens with two attached hydrogens (primary N) is 1. The molecule has 0 unspecified atom stereocenters. The van der Waals surface area contributed by atoms with Gasteiger partial charge in [-0.05, 0) is 27.2 Å². The summed E-state index contributed by atoms with van der Waals surface area (Å²) >= 11 is 0. The Balaban J connectivity index is 2.44. The van der Waals surface area contributed by atoms with E-state index in [4.69, 9.17) is 15.2 Å². The molecule has 0 aromatic carbocycles. The number of carbonyl (C=O) groups is 2. The van der Waals surface area contributed by atoms with Crippen LogP contribution >= 0.6 is 0 Å². The van der Waals surface area contributed by atoms with Gasteiger partial charge in [-0.3, -0.25) is 9.59 Å². The lowest BCUT2D eigenvalue weighted by molar-refractivity contribution is -0.159. The molecule has 0 aromatic heterocycles. The topological polar surface area (TPSA) is 78.6 Å². The standard InChI is InChI=1S/C11H19NO4/c1-7(13)15-6-8-5-11(8,12)9(14)16-10(2,3)4/h8H,5-6,12H2,1-4H3/t8-,11-/m1/s1. The van der Waals surface area contributed by atoms with Crippen molar-refractivity contribution in [2.24, 2.45) is 11.7 Å². The molecule has 5 heteroatoms. The van der Waals surface area contributed by atoms with E-state index < -0.39 is 17.1 Å². The van der Waals surface area contributed by atoms with Crippen LogP contribution in [0.2, 0.25) is 0 Å². The lowest BCUT2D eigenvalue weighted by atomic mass is 10.1. The predicted molar refractivity (Wildman–Crippen MR) is 57.5 cm³/mol. The maximum absolute atomic E-state index is 11.7. The van der Waals surface area contributed by atoms with Crippen LogP contribution in [0.25, 0.3) is 0 Å². The second kappa shape index (κ2) is 4.05. The monoisotopic (exact) mass is 229 g/mol. The van der Waals surface area contributed by atoms with E-state index in [0.717, 1.165) is 0 Å². The summed E-state index contributed by atoms with van der Waals surface area (Å²) in [4.78, 5) is 22.3. The predicted octanol–water partition coefficient (Wildman–Crippen LogP) is 0.609. The summed E-state index contributed by atoms with van der Waals surface area (Å²) in [6.07, 6.45) is 0.509. The van der Waals surface area contributed by atoms with E-state index in [2.05, 4.69) is 0 Å². The molecule has 92 valence electrons. The summed E-state index contributed by atoms with van der Waals surface area (Å²) in [5, 5.41) is 0. The van der Waals surface area contributed by atoms with Crippen LogP contribution in [0.5, 0.6) is 0 Å². The summed E-state index contributed by atoms with van der Waals surface area (Å²) in [7, 11) is 0. The van der Waals surface area contributed by atoms with Crippen LogP contribution in [0, 0.1) is 5.92 Å². The number of hydrogen-bond donors (Lipinski definition) is 1. The first-order chi connectivity index (χ1) is 7.15. The lowest BCUT2D eigenvalue weighted by Crippen LogP contribution is -2.41. The third-order valence-corrected chi connectivity index (χ3v) is 2.42. The van der Waals surface area contributed by atoms with Gasteiger partial charge in [-0.1, -0.05) is 0 Å². The van der Waals surface area contributed by atoms with Gasteiger partial charge in [-0.15, -0.1) is 0 Å². The minimum absolute atomic E-state index is 0.119. The highest BCUT2D eigenvalue weighted by molar-refractivity contribution is 5.85. The molecule has 0 radical (unpaired) electrons. The van der Waals surface area contributed by atoms with Gasteiger partial charge in [0.15, 0.2) is 0 Å². The molecular formula is C11H19NO4. The van der Waals surface area contributed by atoms with Crippen LogP contribution in [0.15, 0.2) is 0 Å². The van der Waals surface area contributed by atoms with E-state index in [1.54, 1.807) is 20.8 Å². The molecule has 0 bridgehead atoms. The van der Waals surface area contributed by atoms with Crippen molar-refractivity contribution in [2.45, 2.75) is 45.3 Å². The van der Waals surface area contributed by atoms with Gasteiger partial charge in [0.2, 0.25) is 0 Å². The summed E-state index contributed by atoms with van der Waals surface area (Å²) in [5.41, 5.74) is 4.35. The highest BCUT2D eigenvalue weighted by Crippen LogP contribution is 2.42. The van der Waals surface area contributed by atoms with Crippen LogP contribution in [-0.2, 0) is 19.1 Å². The molecular weight excluding hydrogens is 210 g/mol. The van der Waals surface area contributed by atoms with Gasteiger partial charge in [0.05, 0.1) is 6.61 Å². The number of ether oxygens (including phenoxy) is 2. The van der Waals surface area contributed by atoms with Crippen LogP contribution in [-0.4, -0.2) is 29.7 Å². The van der Waals surface area contributed by atoms with Gasteiger partial charge in [-0.2, -0.15) is 0 Å². The van der Waals surface area contributed by atoms with E-state index in [9.17, 15) is 9.59 Å². The Hall–Kier alpha value is -1.10. The molecule has 1 aliphatic rings. The Morgan fingerprint density at radius 1 is 1.44 bits per heavy atom. The second-order valence-corrected chi connectivity index (χ2v) is 5.25. The van der Waals surface area contributed by atoms with E-state index in [1.807, 2.05) is 0 Å². The Morgan fingerprint density at radius 3 is 2.44 bits per heavy atom. The van der Waals surface area contributed by atoms with Crippen molar-refractivity contribution in [3.63, 3.8) is 0 Å². The van der Waals surface area contributed by atoms with Crippen LogP contribution < -0.4 is 5.73 Å². The van der Waals surface area contributed by atoms with Crippen LogP contribution in [0.3, 0.4) is 0 Å². The summed E-state index contributed by atoms with van der Waals surface area (Å²) < 4.78 is 10.0. The van der Waals surface area contributed by atoms with Crippen molar-refractivity contribution in [1.29, 1.82) is 0 Å². The highest BCUT2D eigenvalue weighted by atomic mass is 16.6. The SMILES string of the molecule is CC(=O)OC[C@H]1C[C@]1(N)C(=O)OC(C)(C)C. The second-order valence-electron chi connectivity index (χ2n) is 5.25. The third-order valence-electron chi connectivity index (χ3n) is 2.42. The number of hydrogen-bond acceptors (Lipinski definition) is 5. The smallest absolute Gasteiger partial charge is 0.327 e. The fourth-order valence-corrected chi connectivity index (χ4v) is 1.40. The zero-order valence-electron chi connectivity index (χ0n) is 10.2. The Morgan fingerprint density at radius 2 is 2.00 bits per heavy atom. The van der Waals surface area contributed by atoms with Crippen LogP contribution in [0.4, 0.5) is 0 Å². The fraction of sp³-hybridized carbons (Fsp3) is 0.818. The van der Waals surface area contributed by atoms with Crippen molar-refractivity contribution in [2.75, 3.05) is 6.61 Å². The molecule has 1 fully saturated rings. The van der Waals surface area contributed by atoms with Gasteiger partial charge in [0, 0.05) is 12.8 Å². The quantitative estimate of drug-likeness (QED) is 0.717. The zero-order valence-corrected chi connectivity index (χ0v) is 10.2. The van der Waals surface area contributed by atoms with Crippen molar-refractivity contribution >= 4 is 11.9 Å². The van der Waals surface area contributed by atoms with Crippen molar-refractivity contribution in [3.05, 3.63) is 0 Å². The Bertz CT molecular complexity index is 308. The van der Waals surface area contributed by atoms with Gasteiger partial charge in [0.25, 0.3) is 0 Å². The molecule has 16 heavy (non-hydrogen) atoms. The van der Waals surface area contributed by atoms with Gasteiger partial charge in [0.1, 0.15) is 11.1 Å². The van der Waals surface area contributed by atoms with Crippen molar-refractivity contribution < 1.29 is 19.1 Å². The van der Waals surface area contributed by atoms with Crippen molar-refractivity contribution in [1.82, 2.24) is 0 Å². The van der Waals surface area contributed by atoms with E-state index in [0.29, 0.717) is 6.42 Å². The van der Waals surface area contributed by atoms with E-state index in [1.165, 1.54) is 6.92 Å². The minimum atomic E-state index is -0.970. The summed E-state index contributed by atoms with van der Waals surface area (Å²) in [6.45, 7) is 6.88. The molecule has 0 saturated heterocycles. The average Bonchev–Trinajstić information content (AvgIpc) is 2.72. The number of esters is 2. The molecule has 0 aliphatic heterocycles. The maximum Gasteiger partial charge on any atom is 0.327 e. The first kappa shape index (κ1) is 13.0. The average molecular weight is 229 g/mol. The molecule has 1 rings (SSSR count). The first-order valence-electron chi connectivity index (χ1n) is 5.31. The third kappa shape index (κ3) is 3.20. The highest BCUT2D eigenvalue weighted by Gasteiger charge is 2.59. The number of carbonyl (C=O) groups excluding carboxylic acids is 2. The molecule has 5 nitrogen and oxygen atoms in total. The van der Waals surface area contributed by atoms with Crippen LogP contribution in [0.1, 0.15) is 34.1 Å². The Labute approximate surface area is 95.3 Å². The van der Waals surface area contributed by atoms with Crippen molar-refractivity contribution in [3.8, 4) is 0 Å². The van der Waals surface area contributed by atoms with Gasteiger partial charge in [-0.25, -0.2) is 0 Å². The minimum Gasteiger partial charge on any atom is -0.465 e. The Kier molecular flexibility index (Phi) is 3.28. The molecule has 1 saturated carbocycles. The fourth-order valence-electron chi connectivity index (χ4n) is 1.40. The molecule has 1 aliphatic carbocycles. The zero-order chi connectivity index (χ0) is 12.6. The van der Waals surface area contributed by atoms with Gasteiger partial charge >= 0.3 is 11.9 Å². The molecule has 0 aromatic rings. The molecule has 2 N–H and O–H groups in total. The molecule has 0 spiro atoms.